The fourth-order valence-corrected chi connectivity index (χ4v) is 2.09. The van der Waals surface area contributed by atoms with Crippen LogP contribution in [0.5, 0.6) is 0 Å². The van der Waals surface area contributed by atoms with Crippen LogP contribution < -0.4 is 5.73 Å². The van der Waals surface area contributed by atoms with Gasteiger partial charge < -0.3 is 20.4 Å². The minimum atomic E-state index is -0.291. The molecule has 0 atom stereocenters. The predicted molar refractivity (Wildman–Crippen MR) is 51.5 cm³/mol. The van der Waals surface area contributed by atoms with Crippen LogP contribution in [0.2, 0.25) is 0 Å². The Hall–Kier alpha value is -1.11. The molecule has 0 unspecified atom stereocenters. The zero-order valence-corrected chi connectivity index (χ0v) is 8.16. The molecule has 14 heavy (non-hydrogen) atoms. The molecule has 6 heteroatoms. The Morgan fingerprint density at radius 1 is 1.50 bits per heavy atom. The molecular formula is C8H10N2O3S. The highest BCUT2D eigenvalue weighted by Gasteiger charge is 2.20. The largest absolute Gasteiger partial charge is 0.409 e. The van der Waals surface area contributed by atoms with Crippen molar-refractivity contribution < 1.29 is 14.7 Å². The third-order valence-electron chi connectivity index (χ3n) is 1.84. The van der Waals surface area contributed by atoms with Gasteiger partial charge in [0.2, 0.25) is 0 Å². The van der Waals surface area contributed by atoms with Crippen LogP contribution in [0.4, 0.5) is 0 Å². The number of hydrogen-bond donors (Lipinski definition) is 2. The van der Waals surface area contributed by atoms with E-state index in [2.05, 4.69) is 5.16 Å². The van der Waals surface area contributed by atoms with Gasteiger partial charge in [-0.1, -0.05) is 5.16 Å². The monoisotopic (exact) mass is 214 g/mol. The summed E-state index contributed by atoms with van der Waals surface area (Å²) in [5.74, 6) is 0.110. The first-order chi connectivity index (χ1) is 6.81. The van der Waals surface area contributed by atoms with Gasteiger partial charge in [0.1, 0.15) is 0 Å². The van der Waals surface area contributed by atoms with Crippen molar-refractivity contribution in [2.75, 3.05) is 13.2 Å². The lowest BCUT2D eigenvalue weighted by atomic mass is 10.4. The number of nitrogens with two attached hydrogens (primary N) is 1. The summed E-state index contributed by atoms with van der Waals surface area (Å²) in [6.07, 6.45) is -0.291. The second-order valence-electron chi connectivity index (χ2n) is 2.76. The standard InChI is InChI=1S/C8H10N2O3S/c9-7(10-11)5-1-2-6(14-5)8-12-3-4-13-8/h1-2,8,11H,3-4H2,(H2,9,10). The summed E-state index contributed by atoms with van der Waals surface area (Å²) in [5, 5.41) is 11.4. The van der Waals surface area contributed by atoms with Gasteiger partial charge in [0, 0.05) is 0 Å². The van der Waals surface area contributed by atoms with Crippen molar-refractivity contribution >= 4 is 17.2 Å². The van der Waals surface area contributed by atoms with Crippen LogP contribution >= 0.6 is 11.3 Å². The molecule has 0 amide bonds. The van der Waals surface area contributed by atoms with Crippen LogP contribution in [0.25, 0.3) is 0 Å². The second kappa shape index (κ2) is 3.95. The molecular weight excluding hydrogens is 204 g/mol. The summed E-state index contributed by atoms with van der Waals surface area (Å²) in [7, 11) is 0. The van der Waals surface area contributed by atoms with E-state index in [-0.39, 0.29) is 12.1 Å². The van der Waals surface area contributed by atoms with E-state index in [0.29, 0.717) is 18.1 Å². The number of ether oxygens (including phenoxy) is 2. The van der Waals surface area contributed by atoms with E-state index in [9.17, 15) is 0 Å². The first-order valence-corrected chi connectivity index (χ1v) is 4.94. The SMILES string of the molecule is N/C(=N\O)c1ccc(C2OCCO2)s1. The van der Waals surface area contributed by atoms with E-state index in [1.54, 1.807) is 6.07 Å². The van der Waals surface area contributed by atoms with E-state index < -0.39 is 0 Å². The Kier molecular flexibility index (Phi) is 2.67. The van der Waals surface area contributed by atoms with Crippen molar-refractivity contribution in [2.45, 2.75) is 6.29 Å². The Balaban J connectivity index is 2.16. The van der Waals surface area contributed by atoms with Crippen molar-refractivity contribution in [3.8, 4) is 0 Å². The molecule has 1 aliphatic heterocycles. The molecule has 0 aromatic carbocycles. The molecule has 0 aliphatic carbocycles. The summed E-state index contributed by atoms with van der Waals surface area (Å²) >= 11 is 1.40. The van der Waals surface area contributed by atoms with Crippen LogP contribution in [0.1, 0.15) is 16.0 Å². The van der Waals surface area contributed by atoms with Gasteiger partial charge in [-0.15, -0.1) is 11.3 Å². The molecule has 76 valence electrons. The summed E-state index contributed by atoms with van der Waals surface area (Å²) in [6.45, 7) is 1.23. The van der Waals surface area contributed by atoms with Crippen LogP contribution in [0.15, 0.2) is 17.3 Å². The lowest BCUT2D eigenvalue weighted by Crippen LogP contribution is -2.10. The van der Waals surface area contributed by atoms with Gasteiger partial charge in [0.15, 0.2) is 12.1 Å². The molecule has 1 saturated heterocycles. The highest BCUT2D eigenvalue weighted by molar-refractivity contribution is 7.14. The van der Waals surface area contributed by atoms with E-state index in [4.69, 9.17) is 20.4 Å². The van der Waals surface area contributed by atoms with Gasteiger partial charge in [-0.25, -0.2) is 0 Å². The molecule has 0 spiro atoms. The van der Waals surface area contributed by atoms with E-state index in [0.717, 1.165) is 4.88 Å². The van der Waals surface area contributed by atoms with Gasteiger partial charge in [0.25, 0.3) is 0 Å². The van der Waals surface area contributed by atoms with E-state index >= 15 is 0 Å². The van der Waals surface area contributed by atoms with Gasteiger partial charge in [0.05, 0.1) is 23.0 Å². The number of amidine groups is 1. The van der Waals surface area contributed by atoms with Crippen molar-refractivity contribution in [1.82, 2.24) is 0 Å². The quantitative estimate of drug-likeness (QED) is 0.332. The second-order valence-corrected chi connectivity index (χ2v) is 3.88. The maximum Gasteiger partial charge on any atom is 0.193 e. The molecule has 1 aromatic rings. The fourth-order valence-electron chi connectivity index (χ4n) is 1.19. The molecule has 3 N–H and O–H groups in total. The minimum Gasteiger partial charge on any atom is -0.409 e. The number of rotatable bonds is 2. The number of hydrogen-bond acceptors (Lipinski definition) is 5. The first-order valence-electron chi connectivity index (χ1n) is 4.12. The van der Waals surface area contributed by atoms with Gasteiger partial charge in [-0.2, -0.15) is 0 Å². The van der Waals surface area contributed by atoms with Crippen LogP contribution in [-0.2, 0) is 9.47 Å². The van der Waals surface area contributed by atoms with Gasteiger partial charge in [-0.3, -0.25) is 0 Å². The average molecular weight is 214 g/mol. The smallest absolute Gasteiger partial charge is 0.193 e. The van der Waals surface area contributed by atoms with Gasteiger partial charge in [-0.05, 0) is 12.1 Å². The lowest BCUT2D eigenvalue weighted by Gasteiger charge is -2.04. The van der Waals surface area contributed by atoms with Crippen molar-refractivity contribution in [2.24, 2.45) is 10.9 Å². The molecule has 0 radical (unpaired) electrons. The Labute approximate surface area is 84.7 Å². The molecule has 5 nitrogen and oxygen atoms in total. The Morgan fingerprint density at radius 2 is 2.21 bits per heavy atom. The van der Waals surface area contributed by atoms with E-state index in [1.165, 1.54) is 11.3 Å². The molecule has 0 saturated carbocycles. The number of thiophene rings is 1. The molecule has 2 rings (SSSR count). The Bertz CT molecular complexity index is 344. The Morgan fingerprint density at radius 3 is 2.86 bits per heavy atom. The minimum absolute atomic E-state index is 0.110. The number of nitrogens with zero attached hydrogens (tertiary/aromatic N) is 1. The van der Waals surface area contributed by atoms with Crippen LogP contribution in [0, 0.1) is 0 Å². The maximum absolute atomic E-state index is 8.47. The zero-order valence-electron chi connectivity index (χ0n) is 7.34. The highest BCUT2D eigenvalue weighted by Crippen LogP contribution is 2.29. The molecule has 1 fully saturated rings. The van der Waals surface area contributed by atoms with Crippen molar-refractivity contribution in [1.29, 1.82) is 0 Å². The van der Waals surface area contributed by atoms with Crippen LogP contribution in [0.3, 0.4) is 0 Å². The summed E-state index contributed by atoms with van der Waals surface area (Å²) in [4.78, 5) is 1.64. The summed E-state index contributed by atoms with van der Waals surface area (Å²) in [6, 6.07) is 3.63. The first kappa shape index (κ1) is 9.45. The summed E-state index contributed by atoms with van der Waals surface area (Å²) < 4.78 is 10.6. The zero-order chi connectivity index (χ0) is 9.97. The average Bonchev–Trinajstić information content (AvgIpc) is 2.86. The van der Waals surface area contributed by atoms with Crippen LogP contribution in [-0.4, -0.2) is 24.3 Å². The lowest BCUT2D eigenvalue weighted by molar-refractivity contribution is -0.0413. The molecule has 1 aromatic heterocycles. The third kappa shape index (κ3) is 1.72. The maximum atomic E-state index is 8.47. The molecule has 1 aliphatic rings. The van der Waals surface area contributed by atoms with Crippen molar-refractivity contribution in [3.05, 3.63) is 21.9 Å². The fraction of sp³-hybridized carbons (Fsp3) is 0.375. The van der Waals surface area contributed by atoms with Gasteiger partial charge >= 0.3 is 0 Å². The highest BCUT2D eigenvalue weighted by atomic mass is 32.1. The van der Waals surface area contributed by atoms with E-state index in [1.807, 2.05) is 6.07 Å². The third-order valence-corrected chi connectivity index (χ3v) is 2.97. The summed E-state index contributed by atoms with van der Waals surface area (Å²) in [5.41, 5.74) is 5.44. The normalized spacial score (nSPS) is 19.0. The predicted octanol–water partition coefficient (Wildman–Crippen LogP) is 0.888. The molecule has 0 bridgehead atoms. The topological polar surface area (TPSA) is 77.1 Å². The molecule has 2 heterocycles. The number of oxime groups is 1. The van der Waals surface area contributed by atoms with Crippen molar-refractivity contribution in [3.63, 3.8) is 0 Å².